The molecule has 0 atom stereocenters. The van der Waals surface area contributed by atoms with E-state index < -0.39 is 24.3 Å². The zero-order chi connectivity index (χ0) is 20.1. The number of carbonyl (C=O) groups is 2. The van der Waals surface area contributed by atoms with Gasteiger partial charge in [0.05, 0.1) is 0 Å². The van der Waals surface area contributed by atoms with Crippen molar-refractivity contribution in [2.45, 2.75) is 13.5 Å². The van der Waals surface area contributed by atoms with Gasteiger partial charge in [0.15, 0.2) is 6.61 Å². The number of amides is 1. The minimum Gasteiger partial charge on any atom is -0.452 e. The Morgan fingerprint density at radius 3 is 2.50 bits per heavy atom. The van der Waals surface area contributed by atoms with Crippen LogP contribution in [0.1, 0.15) is 21.7 Å². The van der Waals surface area contributed by atoms with Gasteiger partial charge in [0.25, 0.3) is 5.91 Å². The van der Waals surface area contributed by atoms with Crippen molar-refractivity contribution in [3.8, 4) is 11.3 Å². The van der Waals surface area contributed by atoms with E-state index in [9.17, 15) is 14.0 Å². The van der Waals surface area contributed by atoms with Gasteiger partial charge in [0.2, 0.25) is 0 Å². The van der Waals surface area contributed by atoms with Crippen LogP contribution in [-0.2, 0) is 16.1 Å². The van der Waals surface area contributed by atoms with E-state index in [-0.39, 0.29) is 12.1 Å². The molecule has 1 amide bonds. The molecule has 0 radical (unpaired) electrons. The molecule has 1 heterocycles. The summed E-state index contributed by atoms with van der Waals surface area (Å²) in [4.78, 5) is 26.1. The standard InChI is InChI=1S/C21H19FN2O4/c1-14-19(20(23-28-14)15-8-4-3-5-9-15)21(26)27-13-18(25)24(2)12-16-10-6-7-11-17(16)22/h3-11H,12-13H2,1-2H3. The van der Waals surface area contributed by atoms with E-state index >= 15 is 0 Å². The quantitative estimate of drug-likeness (QED) is 0.609. The van der Waals surface area contributed by atoms with Gasteiger partial charge in [-0.05, 0) is 13.0 Å². The normalized spacial score (nSPS) is 10.5. The van der Waals surface area contributed by atoms with E-state index in [1.165, 1.54) is 18.0 Å². The van der Waals surface area contributed by atoms with Crippen LogP contribution in [0.25, 0.3) is 11.3 Å². The summed E-state index contributed by atoms with van der Waals surface area (Å²) in [6, 6.07) is 15.3. The second-order valence-corrected chi connectivity index (χ2v) is 6.25. The van der Waals surface area contributed by atoms with Gasteiger partial charge in [-0.15, -0.1) is 0 Å². The van der Waals surface area contributed by atoms with Gasteiger partial charge in [-0.3, -0.25) is 4.79 Å². The molecule has 0 saturated carbocycles. The van der Waals surface area contributed by atoms with Crippen LogP contribution in [-0.4, -0.2) is 35.6 Å². The molecule has 3 aromatic rings. The summed E-state index contributed by atoms with van der Waals surface area (Å²) < 4.78 is 24.0. The number of benzene rings is 2. The van der Waals surface area contributed by atoms with Crippen LogP contribution in [0.5, 0.6) is 0 Å². The molecule has 3 rings (SSSR count). The van der Waals surface area contributed by atoms with Crippen LogP contribution >= 0.6 is 0 Å². The maximum absolute atomic E-state index is 13.7. The summed E-state index contributed by atoms with van der Waals surface area (Å²) in [6.45, 7) is 1.20. The number of halogens is 1. The van der Waals surface area contributed by atoms with E-state index in [2.05, 4.69) is 5.16 Å². The SMILES string of the molecule is Cc1onc(-c2ccccc2)c1C(=O)OCC(=O)N(C)Cc1ccccc1F. The lowest BCUT2D eigenvalue weighted by Crippen LogP contribution is -2.31. The van der Waals surface area contributed by atoms with Gasteiger partial charge in [0, 0.05) is 24.7 Å². The molecule has 0 spiro atoms. The topological polar surface area (TPSA) is 72.6 Å². The first-order valence-electron chi connectivity index (χ1n) is 8.63. The maximum atomic E-state index is 13.7. The number of ether oxygens (including phenoxy) is 1. The average Bonchev–Trinajstić information content (AvgIpc) is 3.09. The predicted octanol–water partition coefficient (Wildman–Crippen LogP) is 3.60. The molecule has 1 aromatic heterocycles. The number of rotatable bonds is 6. The highest BCUT2D eigenvalue weighted by atomic mass is 19.1. The van der Waals surface area contributed by atoms with E-state index in [0.717, 1.165) is 0 Å². The molecule has 7 heteroatoms. The van der Waals surface area contributed by atoms with Crippen LogP contribution in [0.15, 0.2) is 59.1 Å². The van der Waals surface area contributed by atoms with Crippen LogP contribution in [0.3, 0.4) is 0 Å². The van der Waals surface area contributed by atoms with Crippen molar-refractivity contribution in [1.82, 2.24) is 10.1 Å². The lowest BCUT2D eigenvalue weighted by atomic mass is 10.1. The van der Waals surface area contributed by atoms with Crippen LogP contribution in [0.4, 0.5) is 4.39 Å². The maximum Gasteiger partial charge on any atom is 0.344 e. The zero-order valence-electron chi connectivity index (χ0n) is 15.5. The Hall–Kier alpha value is -3.48. The molecule has 0 N–H and O–H groups in total. The van der Waals surface area contributed by atoms with Crippen molar-refractivity contribution >= 4 is 11.9 Å². The fraction of sp³-hybridized carbons (Fsp3) is 0.190. The molecule has 0 aliphatic heterocycles. The Balaban J connectivity index is 1.65. The molecule has 144 valence electrons. The largest absolute Gasteiger partial charge is 0.452 e. The van der Waals surface area contributed by atoms with Crippen molar-refractivity contribution < 1.29 is 23.2 Å². The third kappa shape index (κ3) is 4.25. The zero-order valence-corrected chi connectivity index (χ0v) is 15.5. The number of esters is 1. The Morgan fingerprint density at radius 2 is 1.79 bits per heavy atom. The summed E-state index contributed by atoms with van der Waals surface area (Å²) in [7, 11) is 1.52. The minimum absolute atomic E-state index is 0.0740. The highest BCUT2D eigenvalue weighted by molar-refractivity contribution is 5.98. The molecular weight excluding hydrogens is 363 g/mol. The van der Waals surface area contributed by atoms with E-state index in [1.807, 2.05) is 18.2 Å². The molecule has 0 unspecified atom stereocenters. The minimum atomic E-state index is -0.703. The second kappa shape index (κ2) is 8.47. The summed E-state index contributed by atoms with van der Waals surface area (Å²) >= 11 is 0. The lowest BCUT2D eigenvalue weighted by molar-refractivity contribution is -0.133. The first-order chi connectivity index (χ1) is 13.5. The lowest BCUT2D eigenvalue weighted by Gasteiger charge is -2.17. The number of likely N-dealkylation sites (N-methyl/N-ethyl adjacent to an activating group) is 1. The number of carbonyl (C=O) groups excluding carboxylic acids is 2. The first kappa shape index (κ1) is 19.3. The molecule has 0 fully saturated rings. The van der Waals surface area contributed by atoms with Crippen molar-refractivity contribution in [2.75, 3.05) is 13.7 Å². The predicted molar refractivity (Wildman–Crippen MR) is 99.8 cm³/mol. The van der Waals surface area contributed by atoms with Crippen LogP contribution < -0.4 is 0 Å². The smallest absolute Gasteiger partial charge is 0.344 e. The Bertz CT molecular complexity index is 985. The Morgan fingerprint density at radius 1 is 1.11 bits per heavy atom. The van der Waals surface area contributed by atoms with Crippen molar-refractivity contribution in [3.63, 3.8) is 0 Å². The monoisotopic (exact) mass is 382 g/mol. The molecular formula is C21H19FN2O4. The number of aromatic nitrogens is 1. The number of hydrogen-bond donors (Lipinski definition) is 0. The van der Waals surface area contributed by atoms with Crippen molar-refractivity contribution in [3.05, 3.63) is 77.3 Å². The second-order valence-electron chi connectivity index (χ2n) is 6.25. The summed E-state index contributed by atoms with van der Waals surface area (Å²) in [5, 5.41) is 3.92. The van der Waals surface area contributed by atoms with Gasteiger partial charge >= 0.3 is 5.97 Å². The van der Waals surface area contributed by atoms with Crippen molar-refractivity contribution in [2.24, 2.45) is 0 Å². The van der Waals surface area contributed by atoms with Crippen molar-refractivity contribution in [1.29, 1.82) is 0 Å². The third-order valence-corrected chi connectivity index (χ3v) is 4.23. The van der Waals surface area contributed by atoms with E-state index in [0.29, 0.717) is 22.6 Å². The fourth-order valence-electron chi connectivity index (χ4n) is 2.69. The Labute approximate surface area is 161 Å². The molecule has 0 bridgehead atoms. The average molecular weight is 382 g/mol. The summed E-state index contributed by atoms with van der Waals surface area (Å²) in [5.41, 5.74) is 1.62. The summed E-state index contributed by atoms with van der Waals surface area (Å²) in [6.07, 6.45) is 0. The fourth-order valence-corrected chi connectivity index (χ4v) is 2.69. The Kier molecular flexibility index (Phi) is 5.84. The molecule has 28 heavy (non-hydrogen) atoms. The summed E-state index contributed by atoms with van der Waals surface area (Å²) in [5.74, 6) is -1.25. The number of nitrogens with zero attached hydrogens (tertiary/aromatic N) is 2. The molecule has 2 aromatic carbocycles. The van der Waals surface area contributed by atoms with Gasteiger partial charge in [0.1, 0.15) is 22.8 Å². The van der Waals surface area contributed by atoms with Gasteiger partial charge in [-0.1, -0.05) is 53.7 Å². The van der Waals surface area contributed by atoms with Gasteiger partial charge in [-0.25, -0.2) is 9.18 Å². The number of hydrogen-bond acceptors (Lipinski definition) is 5. The molecule has 0 saturated heterocycles. The molecule has 0 aliphatic carbocycles. The highest BCUT2D eigenvalue weighted by Crippen LogP contribution is 2.25. The number of aryl methyl sites for hydroxylation is 1. The van der Waals surface area contributed by atoms with E-state index in [4.69, 9.17) is 9.26 Å². The van der Waals surface area contributed by atoms with Crippen LogP contribution in [0.2, 0.25) is 0 Å². The molecule has 0 aliphatic rings. The highest BCUT2D eigenvalue weighted by Gasteiger charge is 2.24. The van der Waals surface area contributed by atoms with Gasteiger partial charge < -0.3 is 14.2 Å². The van der Waals surface area contributed by atoms with Gasteiger partial charge in [-0.2, -0.15) is 0 Å². The van der Waals surface area contributed by atoms with E-state index in [1.54, 1.807) is 37.3 Å². The first-order valence-corrected chi connectivity index (χ1v) is 8.63. The molecule has 6 nitrogen and oxygen atoms in total. The third-order valence-electron chi connectivity index (χ3n) is 4.23. The van der Waals surface area contributed by atoms with Crippen LogP contribution in [0, 0.1) is 12.7 Å².